The lowest BCUT2D eigenvalue weighted by atomic mass is 10.2. The van der Waals surface area contributed by atoms with Gasteiger partial charge in [0.25, 0.3) is 11.8 Å². The molecule has 0 atom stereocenters. The summed E-state index contributed by atoms with van der Waals surface area (Å²) < 4.78 is 0. The molecule has 2 amide bonds. The quantitative estimate of drug-likeness (QED) is 0.622. The van der Waals surface area contributed by atoms with Crippen LogP contribution in [0.1, 0.15) is 39.7 Å². The number of thiazole rings is 1. The number of hydrogen-bond acceptors (Lipinski definition) is 6. The lowest BCUT2D eigenvalue weighted by molar-refractivity contribution is 0.0948. The third-order valence-corrected chi connectivity index (χ3v) is 4.84. The van der Waals surface area contributed by atoms with E-state index in [9.17, 15) is 9.59 Å². The molecule has 0 bridgehead atoms. The molecular weight excluding hydrogens is 350 g/mol. The van der Waals surface area contributed by atoms with Crippen molar-refractivity contribution in [2.45, 2.75) is 20.4 Å². The van der Waals surface area contributed by atoms with Crippen LogP contribution in [0.2, 0.25) is 0 Å². The van der Waals surface area contributed by atoms with Crippen molar-refractivity contribution in [2.24, 2.45) is 5.73 Å². The summed E-state index contributed by atoms with van der Waals surface area (Å²) in [4.78, 5) is 30.7. The molecule has 0 spiro atoms. The number of anilines is 1. The van der Waals surface area contributed by atoms with E-state index in [0.717, 1.165) is 19.6 Å². The van der Waals surface area contributed by atoms with Crippen LogP contribution in [-0.2, 0) is 6.54 Å². The van der Waals surface area contributed by atoms with Crippen LogP contribution in [0.4, 0.5) is 5.69 Å². The Morgan fingerprint density at radius 2 is 1.85 bits per heavy atom. The van der Waals surface area contributed by atoms with Gasteiger partial charge in [0.2, 0.25) is 0 Å². The van der Waals surface area contributed by atoms with E-state index >= 15 is 0 Å². The molecule has 26 heavy (non-hydrogen) atoms. The standard InChI is InChI=1S/C18H25N5O2S/c1-3-23(4-2)10-9-20-17(24)13-5-7-14(8-6-13)21-18(25)15-12-26-16(11-19)22-15/h5-8,12H,3-4,9-11,19H2,1-2H3,(H,20,24)(H,21,25). The van der Waals surface area contributed by atoms with Crippen molar-refractivity contribution >= 4 is 28.8 Å². The van der Waals surface area contributed by atoms with Crippen molar-refractivity contribution < 1.29 is 9.59 Å². The number of hydrogen-bond donors (Lipinski definition) is 3. The van der Waals surface area contributed by atoms with E-state index in [-0.39, 0.29) is 11.8 Å². The number of nitrogens with one attached hydrogen (secondary N) is 2. The molecule has 0 saturated heterocycles. The Morgan fingerprint density at radius 3 is 2.42 bits per heavy atom. The smallest absolute Gasteiger partial charge is 0.275 e. The lowest BCUT2D eigenvalue weighted by Gasteiger charge is -2.17. The van der Waals surface area contributed by atoms with Gasteiger partial charge in [-0.3, -0.25) is 9.59 Å². The second-order valence-corrected chi connectivity index (χ2v) is 6.59. The second-order valence-electron chi connectivity index (χ2n) is 5.64. The number of carbonyl (C=O) groups excluding carboxylic acids is 2. The molecule has 0 aliphatic heterocycles. The zero-order valence-electron chi connectivity index (χ0n) is 15.1. The minimum Gasteiger partial charge on any atom is -0.351 e. The Morgan fingerprint density at radius 1 is 1.15 bits per heavy atom. The Labute approximate surface area is 157 Å². The van der Waals surface area contributed by atoms with E-state index in [4.69, 9.17) is 5.73 Å². The number of nitrogens with zero attached hydrogens (tertiary/aromatic N) is 2. The molecule has 4 N–H and O–H groups in total. The number of carbonyl (C=O) groups is 2. The summed E-state index contributed by atoms with van der Waals surface area (Å²) in [7, 11) is 0. The molecule has 140 valence electrons. The molecule has 1 aromatic carbocycles. The van der Waals surface area contributed by atoms with Crippen LogP contribution < -0.4 is 16.4 Å². The number of nitrogens with two attached hydrogens (primary N) is 1. The lowest BCUT2D eigenvalue weighted by Crippen LogP contribution is -2.34. The Bertz CT molecular complexity index is 725. The predicted molar refractivity (Wildman–Crippen MR) is 105 cm³/mol. The van der Waals surface area contributed by atoms with Crippen LogP contribution in [-0.4, -0.2) is 47.9 Å². The van der Waals surface area contributed by atoms with E-state index < -0.39 is 0 Å². The number of rotatable bonds is 9. The summed E-state index contributed by atoms with van der Waals surface area (Å²) >= 11 is 1.35. The van der Waals surface area contributed by atoms with Gasteiger partial charge >= 0.3 is 0 Å². The first-order valence-corrected chi connectivity index (χ1v) is 9.51. The van der Waals surface area contributed by atoms with Gasteiger partial charge in [-0.1, -0.05) is 13.8 Å². The molecule has 0 unspecified atom stereocenters. The molecule has 0 radical (unpaired) electrons. The van der Waals surface area contributed by atoms with Crippen molar-refractivity contribution in [3.05, 3.63) is 45.9 Å². The van der Waals surface area contributed by atoms with Gasteiger partial charge in [-0.05, 0) is 37.4 Å². The third kappa shape index (κ3) is 5.62. The van der Waals surface area contributed by atoms with Crippen molar-refractivity contribution in [1.82, 2.24) is 15.2 Å². The van der Waals surface area contributed by atoms with Gasteiger partial charge in [0.1, 0.15) is 10.7 Å². The van der Waals surface area contributed by atoms with Crippen molar-refractivity contribution in [2.75, 3.05) is 31.5 Å². The highest BCUT2D eigenvalue weighted by molar-refractivity contribution is 7.09. The molecule has 0 aliphatic carbocycles. The van der Waals surface area contributed by atoms with Gasteiger partial charge in [-0.15, -0.1) is 11.3 Å². The number of aromatic nitrogens is 1. The molecule has 2 rings (SSSR count). The van der Waals surface area contributed by atoms with Gasteiger partial charge in [0, 0.05) is 36.3 Å². The first-order chi connectivity index (χ1) is 12.6. The molecular formula is C18H25N5O2S. The maximum absolute atomic E-state index is 12.2. The summed E-state index contributed by atoms with van der Waals surface area (Å²) in [6.45, 7) is 7.87. The van der Waals surface area contributed by atoms with Crippen LogP contribution in [0, 0.1) is 0 Å². The van der Waals surface area contributed by atoms with Gasteiger partial charge in [-0.2, -0.15) is 0 Å². The highest BCUT2D eigenvalue weighted by Crippen LogP contribution is 2.13. The van der Waals surface area contributed by atoms with Crippen LogP contribution in [0.15, 0.2) is 29.6 Å². The molecule has 7 nitrogen and oxygen atoms in total. The van der Waals surface area contributed by atoms with E-state index in [2.05, 4.69) is 34.4 Å². The molecule has 0 fully saturated rings. The Hall–Kier alpha value is -2.29. The van der Waals surface area contributed by atoms with Crippen molar-refractivity contribution in [3.8, 4) is 0 Å². The predicted octanol–water partition coefficient (Wildman–Crippen LogP) is 1.93. The summed E-state index contributed by atoms with van der Waals surface area (Å²) in [6, 6.07) is 6.78. The van der Waals surface area contributed by atoms with E-state index in [1.807, 2.05) is 0 Å². The normalized spacial score (nSPS) is 10.8. The topological polar surface area (TPSA) is 100 Å². The molecule has 0 saturated carbocycles. The van der Waals surface area contributed by atoms with Gasteiger partial charge in [-0.25, -0.2) is 4.98 Å². The third-order valence-electron chi connectivity index (χ3n) is 3.97. The van der Waals surface area contributed by atoms with Crippen LogP contribution >= 0.6 is 11.3 Å². The highest BCUT2D eigenvalue weighted by Gasteiger charge is 2.11. The summed E-state index contributed by atoms with van der Waals surface area (Å²) in [5, 5.41) is 8.06. The van der Waals surface area contributed by atoms with Crippen LogP contribution in [0.25, 0.3) is 0 Å². The molecule has 1 aromatic heterocycles. The van der Waals surface area contributed by atoms with Crippen molar-refractivity contribution in [3.63, 3.8) is 0 Å². The van der Waals surface area contributed by atoms with Gasteiger partial charge < -0.3 is 21.3 Å². The maximum atomic E-state index is 12.2. The fourth-order valence-corrected chi connectivity index (χ4v) is 3.03. The molecule has 1 heterocycles. The average molecular weight is 375 g/mol. The van der Waals surface area contributed by atoms with Gasteiger partial charge in [0.15, 0.2) is 0 Å². The number of amides is 2. The maximum Gasteiger partial charge on any atom is 0.275 e. The minimum atomic E-state index is -0.294. The zero-order chi connectivity index (χ0) is 18.9. The Kier molecular flexibility index (Phi) is 7.71. The molecule has 0 aliphatic rings. The fourth-order valence-electron chi connectivity index (χ4n) is 2.38. The second kappa shape index (κ2) is 10.0. The fraction of sp³-hybridized carbons (Fsp3) is 0.389. The monoisotopic (exact) mass is 375 g/mol. The minimum absolute atomic E-state index is 0.123. The number of likely N-dealkylation sites (N-methyl/N-ethyl adjacent to an activating group) is 1. The van der Waals surface area contributed by atoms with E-state index in [1.54, 1.807) is 29.6 Å². The summed E-state index contributed by atoms with van der Waals surface area (Å²) in [5.74, 6) is -0.417. The van der Waals surface area contributed by atoms with E-state index in [1.165, 1.54) is 11.3 Å². The first kappa shape index (κ1) is 20.0. The van der Waals surface area contributed by atoms with Gasteiger partial charge in [0.05, 0.1) is 0 Å². The number of benzene rings is 1. The summed E-state index contributed by atoms with van der Waals surface area (Å²) in [6.07, 6.45) is 0. The average Bonchev–Trinajstić information content (AvgIpc) is 3.15. The largest absolute Gasteiger partial charge is 0.351 e. The highest BCUT2D eigenvalue weighted by atomic mass is 32.1. The van der Waals surface area contributed by atoms with E-state index in [0.29, 0.717) is 35.0 Å². The van der Waals surface area contributed by atoms with Crippen LogP contribution in [0.5, 0.6) is 0 Å². The summed E-state index contributed by atoms with van der Waals surface area (Å²) in [5.41, 5.74) is 7.01. The SMILES string of the molecule is CCN(CC)CCNC(=O)c1ccc(NC(=O)c2csc(CN)n2)cc1. The van der Waals surface area contributed by atoms with Crippen LogP contribution in [0.3, 0.4) is 0 Å². The molecule has 8 heteroatoms. The van der Waals surface area contributed by atoms with Crippen molar-refractivity contribution in [1.29, 1.82) is 0 Å². The molecule has 2 aromatic rings. The first-order valence-electron chi connectivity index (χ1n) is 8.63. The zero-order valence-corrected chi connectivity index (χ0v) is 15.9. The Balaban J connectivity index is 1.87.